The van der Waals surface area contributed by atoms with Gasteiger partial charge in [0.15, 0.2) is 0 Å². The Morgan fingerprint density at radius 1 is 1.53 bits per heavy atom. The van der Waals surface area contributed by atoms with E-state index in [1.54, 1.807) is 18.6 Å². The summed E-state index contributed by atoms with van der Waals surface area (Å²) in [4.78, 5) is 15.1. The molecule has 2 aromatic rings. The highest BCUT2D eigenvalue weighted by Crippen LogP contribution is 2.17. The van der Waals surface area contributed by atoms with Crippen LogP contribution in [0.5, 0.6) is 0 Å². The van der Waals surface area contributed by atoms with Crippen molar-refractivity contribution < 1.29 is 14.1 Å². The predicted molar refractivity (Wildman–Crippen MR) is 65.6 cm³/mol. The fourth-order valence-electron chi connectivity index (χ4n) is 1.67. The number of fused-ring (bicyclic) bond motifs is 1. The van der Waals surface area contributed by atoms with Gasteiger partial charge in [0.05, 0.1) is 17.4 Å². The van der Waals surface area contributed by atoms with Crippen molar-refractivity contribution in [1.82, 2.24) is 9.55 Å². The molecule has 0 fully saturated rings. The van der Waals surface area contributed by atoms with Crippen LogP contribution in [0, 0.1) is 0 Å². The molecule has 1 aromatic carbocycles. The van der Waals surface area contributed by atoms with Gasteiger partial charge in [0.25, 0.3) is 0 Å². The van der Waals surface area contributed by atoms with Crippen molar-refractivity contribution in [3.63, 3.8) is 0 Å². The lowest BCUT2D eigenvalue weighted by Crippen LogP contribution is -2.05. The molecule has 0 saturated heterocycles. The lowest BCUT2D eigenvalue weighted by atomic mass is 10.2. The number of carbonyl (C=O) groups is 1. The van der Waals surface area contributed by atoms with Gasteiger partial charge in [-0.2, -0.15) is 0 Å². The smallest absolute Gasteiger partial charge is 0.337 e. The van der Waals surface area contributed by atoms with Crippen LogP contribution in [0.15, 0.2) is 24.5 Å². The molecule has 0 bridgehead atoms. The number of hydrogen-bond acceptors (Lipinski definition) is 3. The third-order valence-electron chi connectivity index (χ3n) is 2.50. The quantitative estimate of drug-likeness (QED) is 0.884. The molecule has 1 atom stereocenters. The van der Waals surface area contributed by atoms with Crippen molar-refractivity contribution in [3.05, 3.63) is 30.1 Å². The average Bonchev–Trinajstić information content (AvgIpc) is 2.68. The zero-order valence-corrected chi connectivity index (χ0v) is 10.1. The molecule has 0 spiro atoms. The van der Waals surface area contributed by atoms with Gasteiger partial charge in [-0.15, -0.1) is 0 Å². The van der Waals surface area contributed by atoms with Gasteiger partial charge < -0.3 is 9.67 Å². The summed E-state index contributed by atoms with van der Waals surface area (Å²) in [6, 6.07) is 5.03. The Balaban J connectivity index is 2.44. The van der Waals surface area contributed by atoms with Crippen molar-refractivity contribution in [2.75, 3.05) is 12.0 Å². The number of aryl methyl sites for hydroxylation is 1. The van der Waals surface area contributed by atoms with E-state index < -0.39 is 16.8 Å². The van der Waals surface area contributed by atoms with E-state index >= 15 is 0 Å². The first-order valence-corrected chi connectivity index (χ1v) is 6.79. The second-order valence-electron chi connectivity index (χ2n) is 3.69. The number of benzene rings is 1. The molecule has 5 nitrogen and oxygen atoms in total. The van der Waals surface area contributed by atoms with Gasteiger partial charge in [0.2, 0.25) is 0 Å². The van der Waals surface area contributed by atoms with Gasteiger partial charge >= 0.3 is 5.97 Å². The van der Waals surface area contributed by atoms with Crippen LogP contribution in [-0.2, 0) is 17.3 Å². The number of nitrogens with zero attached hydrogens (tertiary/aromatic N) is 2. The van der Waals surface area contributed by atoms with E-state index in [1.807, 2.05) is 10.6 Å². The maximum Gasteiger partial charge on any atom is 0.337 e. The van der Waals surface area contributed by atoms with Crippen molar-refractivity contribution in [1.29, 1.82) is 0 Å². The topological polar surface area (TPSA) is 72.2 Å². The number of aromatic carboxylic acids is 1. The Morgan fingerprint density at radius 3 is 2.94 bits per heavy atom. The zero-order chi connectivity index (χ0) is 12.4. The minimum atomic E-state index is -0.986. The molecule has 0 aliphatic carbocycles. The Kier molecular flexibility index (Phi) is 3.23. The van der Waals surface area contributed by atoms with Crippen molar-refractivity contribution in [3.8, 4) is 0 Å². The molecule has 2 rings (SSSR count). The SMILES string of the molecule is CS(=O)CCn1cnc2c(C(=O)O)cccc21. The van der Waals surface area contributed by atoms with E-state index in [0.717, 1.165) is 5.52 Å². The Bertz CT molecular complexity index is 591. The molecule has 1 unspecified atom stereocenters. The van der Waals surface area contributed by atoms with Gasteiger partial charge in [0, 0.05) is 29.4 Å². The van der Waals surface area contributed by atoms with E-state index in [1.165, 1.54) is 6.07 Å². The fourth-order valence-corrected chi connectivity index (χ4v) is 2.12. The molecule has 1 N–H and O–H groups in total. The molecule has 1 aromatic heterocycles. The first-order valence-electron chi connectivity index (χ1n) is 5.07. The molecular weight excluding hydrogens is 240 g/mol. The van der Waals surface area contributed by atoms with Gasteiger partial charge in [-0.25, -0.2) is 9.78 Å². The first kappa shape index (κ1) is 11.8. The highest BCUT2D eigenvalue weighted by molar-refractivity contribution is 7.84. The number of imidazole rings is 1. The second kappa shape index (κ2) is 4.67. The van der Waals surface area contributed by atoms with Crippen LogP contribution >= 0.6 is 0 Å². The Labute approximate surface area is 101 Å². The standard InChI is InChI=1S/C11H12N2O3S/c1-17(16)6-5-13-7-12-10-8(11(14)15)3-2-4-9(10)13/h2-4,7H,5-6H2,1H3,(H,14,15). The number of para-hydroxylation sites is 1. The van der Waals surface area contributed by atoms with Crippen LogP contribution in [0.3, 0.4) is 0 Å². The van der Waals surface area contributed by atoms with Crippen LogP contribution in [0.1, 0.15) is 10.4 Å². The van der Waals surface area contributed by atoms with Gasteiger partial charge in [-0.05, 0) is 12.1 Å². The number of hydrogen-bond donors (Lipinski definition) is 1. The maximum absolute atomic E-state index is 11.0. The highest BCUT2D eigenvalue weighted by Gasteiger charge is 2.12. The van der Waals surface area contributed by atoms with Crippen LogP contribution in [0.25, 0.3) is 11.0 Å². The normalized spacial score (nSPS) is 12.8. The van der Waals surface area contributed by atoms with E-state index in [-0.39, 0.29) is 5.56 Å². The molecule has 0 radical (unpaired) electrons. The van der Waals surface area contributed by atoms with Gasteiger partial charge in [-0.1, -0.05) is 6.07 Å². The first-order chi connectivity index (χ1) is 8.09. The Morgan fingerprint density at radius 2 is 2.29 bits per heavy atom. The largest absolute Gasteiger partial charge is 0.478 e. The fraction of sp³-hybridized carbons (Fsp3) is 0.273. The number of aromatic nitrogens is 2. The van der Waals surface area contributed by atoms with E-state index in [4.69, 9.17) is 5.11 Å². The van der Waals surface area contributed by atoms with Crippen molar-refractivity contribution >= 4 is 27.8 Å². The molecular formula is C11H12N2O3S. The van der Waals surface area contributed by atoms with Crippen LogP contribution in [0.2, 0.25) is 0 Å². The average molecular weight is 252 g/mol. The van der Waals surface area contributed by atoms with Crippen LogP contribution < -0.4 is 0 Å². The third kappa shape index (κ3) is 2.36. The minimum absolute atomic E-state index is 0.193. The molecule has 1 heterocycles. The molecule has 0 aliphatic heterocycles. The summed E-state index contributed by atoms with van der Waals surface area (Å²) in [5, 5.41) is 9.01. The lowest BCUT2D eigenvalue weighted by Gasteiger charge is -2.02. The molecule has 17 heavy (non-hydrogen) atoms. The highest BCUT2D eigenvalue weighted by atomic mass is 32.2. The molecule has 0 aliphatic rings. The lowest BCUT2D eigenvalue weighted by molar-refractivity contribution is 0.0699. The summed E-state index contributed by atoms with van der Waals surface area (Å²) < 4.78 is 12.9. The Hall–Kier alpha value is -1.69. The summed E-state index contributed by atoms with van der Waals surface area (Å²) in [7, 11) is -0.872. The summed E-state index contributed by atoms with van der Waals surface area (Å²) in [6.07, 6.45) is 3.23. The van der Waals surface area contributed by atoms with E-state index in [0.29, 0.717) is 17.8 Å². The van der Waals surface area contributed by atoms with Gasteiger partial charge in [0.1, 0.15) is 5.52 Å². The molecule has 0 amide bonds. The van der Waals surface area contributed by atoms with Crippen molar-refractivity contribution in [2.45, 2.75) is 6.54 Å². The van der Waals surface area contributed by atoms with E-state index in [2.05, 4.69) is 4.98 Å². The summed E-state index contributed by atoms with van der Waals surface area (Å²) in [6.45, 7) is 0.572. The number of carboxylic acids is 1. The molecule has 90 valence electrons. The summed E-state index contributed by atoms with van der Waals surface area (Å²) in [5.41, 5.74) is 1.43. The summed E-state index contributed by atoms with van der Waals surface area (Å²) in [5.74, 6) is -0.456. The maximum atomic E-state index is 11.0. The minimum Gasteiger partial charge on any atom is -0.478 e. The number of rotatable bonds is 4. The third-order valence-corrected chi connectivity index (χ3v) is 3.26. The van der Waals surface area contributed by atoms with Crippen LogP contribution in [-0.4, -0.2) is 36.8 Å². The monoisotopic (exact) mass is 252 g/mol. The van der Waals surface area contributed by atoms with Crippen LogP contribution in [0.4, 0.5) is 0 Å². The zero-order valence-electron chi connectivity index (χ0n) is 9.29. The molecule has 6 heteroatoms. The predicted octanol–water partition coefficient (Wildman–Crippen LogP) is 1.11. The number of carboxylic acid groups (broad SMARTS) is 1. The van der Waals surface area contributed by atoms with Gasteiger partial charge in [-0.3, -0.25) is 4.21 Å². The second-order valence-corrected chi connectivity index (χ2v) is 5.25. The van der Waals surface area contributed by atoms with Crippen molar-refractivity contribution in [2.24, 2.45) is 0 Å². The van der Waals surface area contributed by atoms with E-state index in [9.17, 15) is 9.00 Å². The molecule has 0 saturated carbocycles. The summed E-state index contributed by atoms with van der Waals surface area (Å²) >= 11 is 0.